The van der Waals surface area contributed by atoms with Crippen LogP contribution in [0.25, 0.3) is 0 Å². The first kappa shape index (κ1) is 21.2. The number of esters is 2. The van der Waals surface area contributed by atoms with E-state index in [1.54, 1.807) is 12.1 Å². The van der Waals surface area contributed by atoms with Crippen LogP contribution in [0.2, 0.25) is 0 Å². The molecule has 13 heteroatoms. The first-order chi connectivity index (χ1) is 10.4. The van der Waals surface area contributed by atoms with E-state index in [-0.39, 0.29) is 5.75 Å². The number of rotatable bonds is 5. The minimum Gasteiger partial charge on any atom is -0.743 e. The number of carbonyl (C=O) groups is 2. The van der Waals surface area contributed by atoms with E-state index < -0.39 is 33.9 Å². The van der Waals surface area contributed by atoms with Crippen LogP contribution in [0.15, 0.2) is 12.1 Å². The zero-order valence-electron chi connectivity index (χ0n) is 10.5. The number of hydrogen-bond donors (Lipinski definition) is 0. The Hall–Kier alpha value is 0.120. The third-order valence-corrected chi connectivity index (χ3v) is 5.07. The molecule has 1 aromatic rings. The van der Waals surface area contributed by atoms with Gasteiger partial charge in [0.1, 0.15) is 0 Å². The van der Waals surface area contributed by atoms with Gasteiger partial charge in [-0.3, -0.25) is 0 Å². The minimum absolute atomic E-state index is 0.135. The fourth-order valence-electron chi connectivity index (χ4n) is 1.08. The molecule has 0 radical (unpaired) electrons. The molecule has 0 atom stereocenters. The molecular formula is C10H4F2I3O7S-. The molecule has 0 spiro atoms. The molecule has 1 aromatic carbocycles. The molecule has 0 aromatic heterocycles. The summed E-state index contributed by atoms with van der Waals surface area (Å²) in [7, 11) is -6.24. The van der Waals surface area contributed by atoms with Crippen LogP contribution in [0.5, 0.6) is 5.75 Å². The lowest BCUT2D eigenvalue weighted by Crippen LogP contribution is -2.40. The molecule has 0 aliphatic heterocycles. The summed E-state index contributed by atoms with van der Waals surface area (Å²) >= 11 is 5.78. The molecule has 0 aliphatic carbocycles. The maximum absolute atomic E-state index is 12.8. The molecule has 0 amide bonds. The van der Waals surface area contributed by atoms with Crippen LogP contribution in [0.1, 0.15) is 0 Å². The van der Waals surface area contributed by atoms with Gasteiger partial charge in [-0.2, -0.15) is 8.78 Å². The van der Waals surface area contributed by atoms with Crippen LogP contribution in [-0.2, 0) is 24.4 Å². The van der Waals surface area contributed by atoms with Gasteiger partial charge < -0.3 is 14.0 Å². The van der Waals surface area contributed by atoms with Gasteiger partial charge in [-0.05, 0) is 79.9 Å². The molecule has 0 bridgehead atoms. The van der Waals surface area contributed by atoms with Gasteiger partial charge in [0.15, 0.2) is 22.5 Å². The summed E-state index contributed by atoms with van der Waals surface area (Å²) < 4.78 is 67.0. The summed E-state index contributed by atoms with van der Waals surface area (Å²) in [5.41, 5.74) is 0. The topological polar surface area (TPSA) is 110 Å². The van der Waals surface area contributed by atoms with E-state index in [0.717, 1.165) is 3.57 Å². The van der Waals surface area contributed by atoms with E-state index in [1.165, 1.54) is 0 Å². The first-order valence-corrected chi connectivity index (χ1v) is 9.86. The van der Waals surface area contributed by atoms with E-state index in [2.05, 4.69) is 4.74 Å². The predicted octanol–water partition coefficient (Wildman–Crippen LogP) is 2.09. The highest BCUT2D eigenvalue weighted by Crippen LogP contribution is 2.29. The highest BCUT2D eigenvalue weighted by molar-refractivity contribution is 14.1. The normalized spacial score (nSPS) is 11.9. The number of alkyl halides is 2. The summed E-state index contributed by atoms with van der Waals surface area (Å²) in [5.74, 6) is -3.72. The van der Waals surface area contributed by atoms with Crippen molar-refractivity contribution in [1.82, 2.24) is 0 Å². The number of hydrogen-bond acceptors (Lipinski definition) is 7. The third-order valence-electron chi connectivity index (χ3n) is 2.05. The number of halogens is 5. The summed E-state index contributed by atoms with van der Waals surface area (Å²) in [6, 6.07) is 3.35. The van der Waals surface area contributed by atoms with Crippen molar-refractivity contribution >= 4 is 89.8 Å². The lowest BCUT2D eigenvalue weighted by Gasteiger charge is -2.17. The average molecular weight is 687 g/mol. The minimum atomic E-state index is -6.24. The van der Waals surface area contributed by atoms with E-state index in [0.29, 0.717) is 7.14 Å². The number of ether oxygens (including phenoxy) is 2. The Morgan fingerprint density at radius 3 is 2.09 bits per heavy atom. The zero-order chi connectivity index (χ0) is 18.0. The van der Waals surface area contributed by atoms with Crippen molar-refractivity contribution in [3.05, 3.63) is 22.8 Å². The van der Waals surface area contributed by atoms with Crippen molar-refractivity contribution in [2.24, 2.45) is 0 Å². The Morgan fingerprint density at radius 1 is 1.17 bits per heavy atom. The Kier molecular flexibility index (Phi) is 7.36. The Morgan fingerprint density at radius 2 is 1.65 bits per heavy atom. The maximum atomic E-state index is 12.8. The zero-order valence-corrected chi connectivity index (χ0v) is 17.8. The molecular weight excluding hydrogens is 683 g/mol. The van der Waals surface area contributed by atoms with Gasteiger partial charge in [0.2, 0.25) is 0 Å². The monoisotopic (exact) mass is 687 g/mol. The van der Waals surface area contributed by atoms with Gasteiger partial charge >= 0.3 is 17.2 Å². The van der Waals surface area contributed by atoms with Crippen molar-refractivity contribution in [3.8, 4) is 5.75 Å². The molecule has 0 unspecified atom stereocenters. The summed E-state index contributed by atoms with van der Waals surface area (Å²) in [4.78, 5) is 22.4. The molecule has 0 heterocycles. The second kappa shape index (κ2) is 8.00. The smallest absolute Gasteiger partial charge is 0.428 e. The van der Waals surface area contributed by atoms with Crippen molar-refractivity contribution in [2.45, 2.75) is 5.25 Å². The van der Waals surface area contributed by atoms with E-state index in [1.807, 2.05) is 67.8 Å². The molecule has 23 heavy (non-hydrogen) atoms. The molecule has 0 fully saturated rings. The fraction of sp³-hybridized carbons (Fsp3) is 0.200. The molecule has 128 valence electrons. The molecule has 0 N–H and O–H groups in total. The van der Waals surface area contributed by atoms with E-state index in [9.17, 15) is 31.3 Å². The third kappa shape index (κ3) is 5.56. The van der Waals surface area contributed by atoms with Crippen LogP contribution < -0.4 is 4.74 Å². The van der Waals surface area contributed by atoms with Crippen LogP contribution >= 0.6 is 67.8 Å². The van der Waals surface area contributed by atoms with Crippen molar-refractivity contribution in [1.29, 1.82) is 0 Å². The second-order valence-electron chi connectivity index (χ2n) is 3.72. The fourth-order valence-corrected chi connectivity index (χ4v) is 5.15. The first-order valence-electron chi connectivity index (χ1n) is 5.22. The highest BCUT2D eigenvalue weighted by atomic mass is 127. The van der Waals surface area contributed by atoms with E-state index >= 15 is 0 Å². The summed E-state index contributed by atoms with van der Waals surface area (Å²) in [5, 5.41) is -5.28. The lowest BCUT2D eigenvalue weighted by molar-refractivity contribution is -0.166. The number of benzene rings is 1. The van der Waals surface area contributed by atoms with Gasteiger partial charge in [-0.15, -0.1) is 0 Å². The van der Waals surface area contributed by atoms with E-state index in [4.69, 9.17) is 4.74 Å². The van der Waals surface area contributed by atoms with Gasteiger partial charge in [-0.25, -0.2) is 18.0 Å². The van der Waals surface area contributed by atoms with Crippen LogP contribution in [0, 0.1) is 10.7 Å². The van der Waals surface area contributed by atoms with Gasteiger partial charge in [0, 0.05) is 3.57 Å². The van der Waals surface area contributed by atoms with Gasteiger partial charge in [0.25, 0.3) is 0 Å². The largest absolute Gasteiger partial charge is 0.743 e. The molecule has 7 nitrogen and oxygen atoms in total. The van der Waals surface area contributed by atoms with Crippen molar-refractivity contribution in [2.75, 3.05) is 6.61 Å². The maximum Gasteiger partial charge on any atom is 0.428 e. The Labute approximate surface area is 169 Å². The van der Waals surface area contributed by atoms with Crippen LogP contribution in [-0.4, -0.2) is 36.8 Å². The highest BCUT2D eigenvalue weighted by Gasteiger charge is 2.48. The molecule has 1 rings (SSSR count). The average Bonchev–Trinajstić information content (AvgIpc) is 2.38. The summed E-state index contributed by atoms with van der Waals surface area (Å²) in [6.45, 7) is -1.28. The Bertz CT molecular complexity index is 728. The lowest BCUT2D eigenvalue weighted by atomic mass is 10.3. The van der Waals surface area contributed by atoms with Crippen LogP contribution in [0.4, 0.5) is 8.78 Å². The molecule has 0 saturated heterocycles. The second-order valence-corrected chi connectivity index (χ2v) is 8.71. The summed E-state index contributed by atoms with van der Waals surface area (Å²) in [6.07, 6.45) is 0. The quantitative estimate of drug-likeness (QED) is 0.202. The van der Waals surface area contributed by atoms with Gasteiger partial charge in [-0.1, -0.05) is 0 Å². The number of carbonyl (C=O) groups excluding carboxylic acids is 2. The van der Waals surface area contributed by atoms with Crippen LogP contribution in [0.3, 0.4) is 0 Å². The van der Waals surface area contributed by atoms with Gasteiger partial charge in [0.05, 0.1) is 7.14 Å². The predicted molar refractivity (Wildman–Crippen MR) is 95.8 cm³/mol. The van der Waals surface area contributed by atoms with Crippen molar-refractivity contribution < 1.29 is 40.8 Å². The molecule has 0 saturated carbocycles. The SMILES string of the molecule is O=C(COC(=O)C(F)(F)S(=O)(=O)[O-])Oc1c(I)cc(I)cc1I. The molecule has 0 aliphatic rings. The standard InChI is InChI=1S/C10H5F2I3O7S/c11-10(12,23(18,19)20)9(17)21-3-7(16)22-8-5(14)1-4(13)2-6(8)15/h1-2H,3H2,(H,18,19,20)/p-1. The van der Waals surface area contributed by atoms with Crippen molar-refractivity contribution in [3.63, 3.8) is 0 Å². The Balaban J connectivity index is 2.75.